The van der Waals surface area contributed by atoms with Crippen molar-refractivity contribution in [2.45, 2.75) is 38.8 Å². The molecule has 5 heteroatoms. The third-order valence-corrected chi connectivity index (χ3v) is 3.88. The molecule has 0 saturated heterocycles. The molecule has 0 radical (unpaired) electrons. The SMILES string of the molecule is CCNC(Cc1cn2ccsc2n1)CC(C)OC. The van der Waals surface area contributed by atoms with Gasteiger partial charge in [-0.25, -0.2) is 4.98 Å². The van der Waals surface area contributed by atoms with Gasteiger partial charge in [0.05, 0.1) is 11.8 Å². The van der Waals surface area contributed by atoms with Crippen molar-refractivity contribution in [3.8, 4) is 0 Å². The van der Waals surface area contributed by atoms with E-state index in [0.717, 1.165) is 30.0 Å². The summed E-state index contributed by atoms with van der Waals surface area (Å²) in [5.74, 6) is 0. The van der Waals surface area contributed by atoms with Crippen LogP contribution in [0.15, 0.2) is 17.8 Å². The first-order valence-corrected chi connectivity index (χ1v) is 7.28. The van der Waals surface area contributed by atoms with E-state index in [9.17, 15) is 0 Å². The molecular formula is C13H21N3OS. The van der Waals surface area contributed by atoms with Crippen molar-refractivity contribution in [2.75, 3.05) is 13.7 Å². The standard InChI is InChI=1S/C13H21N3OS/c1-4-14-11(7-10(2)17-3)8-12-9-16-5-6-18-13(16)15-12/h5-6,9-11,14H,4,7-8H2,1-3H3. The molecule has 0 aliphatic rings. The van der Waals surface area contributed by atoms with Crippen LogP contribution in [0.2, 0.25) is 0 Å². The molecule has 4 nitrogen and oxygen atoms in total. The maximum Gasteiger partial charge on any atom is 0.193 e. The molecule has 0 spiro atoms. The fraction of sp³-hybridized carbons (Fsp3) is 0.615. The molecule has 2 heterocycles. The lowest BCUT2D eigenvalue weighted by molar-refractivity contribution is 0.100. The summed E-state index contributed by atoms with van der Waals surface area (Å²) in [6, 6.07) is 0.426. The van der Waals surface area contributed by atoms with E-state index in [4.69, 9.17) is 4.74 Å². The third kappa shape index (κ3) is 3.31. The highest BCUT2D eigenvalue weighted by Crippen LogP contribution is 2.14. The maximum absolute atomic E-state index is 5.35. The predicted molar refractivity (Wildman–Crippen MR) is 75.3 cm³/mol. The molecule has 2 aromatic rings. The van der Waals surface area contributed by atoms with E-state index in [1.807, 2.05) is 0 Å². The molecule has 0 bridgehead atoms. The van der Waals surface area contributed by atoms with E-state index in [2.05, 4.69) is 46.3 Å². The zero-order chi connectivity index (χ0) is 13.0. The van der Waals surface area contributed by atoms with Crippen LogP contribution in [0.3, 0.4) is 0 Å². The first-order valence-electron chi connectivity index (χ1n) is 6.40. The Kier molecular flexibility index (Phi) is 4.74. The minimum atomic E-state index is 0.276. The van der Waals surface area contributed by atoms with Crippen LogP contribution in [0.5, 0.6) is 0 Å². The van der Waals surface area contributed by atoms with Crippen molar-refractivity contribution in [2.24, 2.45) is 0 Å². The Morgan fingerprint density at radius 3 is 3.06 bits per heavy atom. The summed E-state index contributed by atoms with van der Waals surface area (Å²) in [5.41, 5.74) is 1.15. The number of likely N-dealkylation sites (N-methyl/N-ethyl adjacent to an activating group) is 1. The second-order valence-corrected chi connectivity index (χ2v) is 5.44. The number of fused-ring (bicyclic) bond motifs is 1. The second kappa shape index (κ2) is 6.31. The average Bonchev–Trinajstić information content (AvgIpc) is 2.89. The van der Waals surface area contributed by atoms with Crippen LogP contribution in [-0.4, -0.2) is 35.2 Å². The number of nitrogens with one attached hydrogen (secondary N) is 1. The largest absolute Gasteiger partial charge is 0.382 e. The van der Waals surface area contributed by atoms with Crippen molar-refractivity contribution < 1.29 is 4.74 Å². The molecule has 2 rings (SSSR count). The van der Waals surface area contributed by atoms with Gasteiger partial charge in [0.25, 0.3) is 0 Å². The fourth-order valence-electron chi connectivity index (χ4n) is 2.15. The lowest BCUT2D eigenvalue weighted by atomic mass is 10.1. The van der Waals surface area contributed by atoms with Gasteiger partial charge in [-0.15, -0.1) is 11.3 Å². The molecule has 2 unspecified atom stereocenters. The Balaban J connectivity index is 2.01. The normalized spacial score (nSPS) is 15.1. The summed E-state index contributed by atoms with van der Waals surface area (Å²) < 4.78 is 7.43. The van der Waals surface area contributed by atoms with Crippen molar-refractivity contribution in [1.29, 1.82) is 0 Å². The number of thiazole rings is 1. The summed E-state index contributed by atoms with van der Waals surface area (Å²) in [6.07, 6.45) is 6.41. The van der Waals surface area contributed by atoms with Crippen LogP contribution in [0, 0.1) is 0 Å². The van der Waals surface area contributed by atoms with Gasteiger partial charge in [-0.05, 0) is 19.9 Å². The van der Waals surface area contributed by atoms with Crippen molar-refractivity contribution in [3.63, 3.8) is 0 Å². The van der Waals surface area contributed by atoms with Gasteiger partial charge in [-0.1, -0.05) is 6.92 Å². The lowest BCUT2D eigenvalue weighted by Gasteiger charge is -2.20. The number of methoxy groups -OCH3 is 1. The van der Waals surface area contributed by atoms with Crippen molar-refractivity contribution in [1.82, 2.24) is 14.7 Å². The summed E-state index contributed by atoms with van der Waals surface area (Å²) in [4.78, 5) is 5.70. The van der Waals surface area contributed by atoms with E-state index >= 15 is 0 Å². The number of nitrogens with zero attached hydrogens (tertiary/aromatic N) is 2. The van der Waals surface area contributed by atoms with Gasteiger partial charge >= 0.3 is 0 Å². The zero-order valence-electron chi connectivity index (χ0n) is 11.2. The van der Waals surface area contributed by atoms with E-state index < -0.39 is 0 Å². The van der Waals surface area contributed by atoms with E-state index in [1.165, 1.54) is 0 Å². The van der Waals surface area contributed by atoms with Crippen LogP contribution in [-0.2, 0) is 11.2 Å². The second-order valence-electron chi connectivity index (χ2n) is 4.57. The Morgan fingerprint density at radius 2 is 2.39 bits per heavy atom. The summed E-state index contributed by atoms with van der Waals surface area (Å²) in [6.45, 7) is 5.22. The van der Waals surface area contributed by atoms with Gasteiger partial charge in [-0.2, -0.15) is 0 Å². The average molecular weight is 267 g/mol. The molecule has 100 valence electrons. The summed E-state index contributed by atoms with van der Waals surface area (Å²) in [5, 5.41) is 5.56. The maximum atomic E-state index is 5.35. The highest BCUT2D eigenvalue weighted by atomic mass is 32.1. The number of imidazole rings is 1. The van der Waals surface area contributed by atoms with E-state index in [-0.39, 0.29) is 6.10 Å². The predicted octanol–water partition coefficient (Wildman–Crippen LogP) is 2.34. The number of hydrogen-bond donors (Lipinski definition) is 1. The first-order chi connectivity index (χ1) is 8.72. The minimum Gasteiger partial charge on any atom is -0.382 e. The zero-order valence-corrected chi connectivity index (χ0v) is 12.0. The molecule has 0 amide bonds. The van der Waals surface area contributed by atoms with Gasteiger partial charge in [0.1, 0.15) is 0 Å². The van der Waals surface area contributed by atoms with Gasteiger partial charge in [0, 0.05) is 37.3 Å². The Hall–Kier alpha value is -0.910. The smallest absolute Gasteiger partial charge is 0.193 e. The molecule has 2 aromatic heterocycles. The highest BCUT2D eigenvalue weighted by Gasteiger charge is 2.14. The Morgan fingerprint density at radius 1 is 1.56 bits per heavy atom. The Bertz CT molecular complexity index is 451. The van der Waals surface area contributed by atoms with Crippen molar-refractivity contribution in [3.05, 3.63) is 23.5 Å². The van der Waals surface area contributed by atoms with Gasteiger partial charge in [0.2, 0.25) is 0 Å². The van der Waals surface area contributed by atoms with Crippen LogP contribution in [0.4, 0.5) is 0 Å². The third-order valence-electron chi connectivity index (χ3n) is 3.11. The molecule has 2 atom stereocenters. The van der Waals surface area contributed by atoms with Crippen molar-refractivity contribution >= 4 is 16.3 Å². The molecule has 18 heavy (non-hydrogen) atoms. The molecule has 0 aliphatic carbocycles. The van der Waals surface area contributed by atoms with Gasteiger partial charge in [-0.3, -0.25) is 4.40 Å². The quantitative estimate of drug-likeness (QED) is 0.837. The first kappa shape index (κ1) is 13.5. The molecule has 0 fully saturated rings. The van der Waals surface area contributed by atoms with Gasteiger partial charge < -0.3 is 10.1 Å². The van der Waals surface area contributed by atoms with E-state index in [1.54, 1.807) is 18.4 Å². The van der Waals surface area contributed by atoms with E-state index in [0.29, 0.717) is 6.04 Å². The number of rotatable bonds is 7. The van der Waals surface area contributed by atoms with Gasteiger partial charge in [0.15, 0.2) is 4.96 Å². The number of hydrogen-bond acceptors (Lipinski definition) is 4. The summed E-state index contributed by atoms with van der Waals surface area (Å²) >= 11 is 1.67. The van der Waals surface area contributed by atoms with Crippen LogP contribution in [0.1, 0.15) is 26.0 Å². The molecular weight excluding hydrogens is 246 g/mol. The summed E-state index contributed by atoms with van der Waals surface area (Å²) in [7, 11) is 1.76. The van der Waals surface area contributed by atoms with Crippen LogP contribution < -0.4 is 5.32 Å². The topological polar surface area (TPSA) is 38.6 Å². The Labute approximate surface area is 112 Å². The molecule has 1 N–H and O–H groups in total. The molecule has 0 saturated carbocycles. The highest BCUT2D eigenvalue weighted by molar-refractivity contribution is 7.15. The van der Waals surface area contributed by atoms with Crippen LogP contribution >= 0.6 is 11.3 Å². The number of aromatic nitrogens is 2. The monoisotopic (exact) mass is 267 g/mol. The molecule has 0 aromatic carbocycles. The van der Waals surface area contributed by atoms with Crippen LogP contribution in [0.25, 0.3) is 4.96 Å². The molecule has 0 aliphatic heterocycles. The fourth-order valence-corrected chi connectivity index (χ4v) is 2.87. The number of ether oxygens (including phenoxy) is 1. The minimum absolute atomic E-state index is 0.276. The lowest BCUT2D eigenvalue weighted by Crippen LogP contribution is -2.34.